The lowest BCUT2D eigenvalue weighted by atomic mass is 10.2. The van der Waals surface area contributed by atoms with Gasteiger partial charge in [0.05, 0.1) is 28.2 Å². The van der Waals surface area contributed by atoms with E-state index < -0.39 is 0 Å². The molecule has 0 fully saturated rings. The molecule has 0 unspecified atom stereocenters. The predicted octanol–water partition coefficient (Wildman–Crippen LogP) is 4.11. The molecule has 0 amide bonds. The third-order valence-corrected chi connectivity index (χ3v) is 4.54. The van der Waals surface area contributed by atoms with Gasteiger partial charge in [0.2, 0.25) is 0 Å². The van der Waals surface area contributed by atoms with Crippen LogP contribution in [0.25, 0.3) is 10.9 Å². The van der Waals surface area contributed by atoms with Crippen LogP contribution in [0.2, 0.25) is 0 Å². The molecule has 0 saturated heterocycles. The summed E-state index contributed by atoms with van der Waals surface area (Å²) in [6, 6.07) is 10.1. The number of aromatic nitrogens is 2. The minimum atomic E-state index is -0.349. The molecule has 0 bridgehead atoms. The summed E-state index contributed by atoms with van der Waals surface area (Å²) in [5.74, 6) is -0.349. The molecule has 3 aromatic rings. The fourth-order valence-electron chi connectivity index (χ4n) is 2.10. The number of nitrogens with zero attached hydrogens (tertiary/aromatic N) is 2. The zero-order valence-electron chi connectivity index (χ0n) is 10.7. The maximum absolute atomic E-state index is 13.5. The zero-order chi connectivity index (χ0) is 15.0. The lowest BCUT2D eigenvalue weighted by molar-refractivity contribution is 0.614. The maximum Gasteiger partial charge on any atom is 0.261 e. The summed E-state index contributed by atoms with van der Waals surface area (Å²) in [6.45, 7) is 0.260. The monoisotopic (exact) mass is 410 g/mol. The molecule has 3 nitrogen and oxygen atoms in total. The summed E-state index contributed by atoms with van der Waals surface area (Å²) in [5, 5.41) is 0.535. The Kier molecular flexibility index (Phi) is 3.91. The molecule has 3 rings (SSSR count). The fourth-order valence-corrected chi connectivity index (χ4v) is 2.84. The van der Waals surface area contributed by atoms with E-state index in [0.29, 0.717) is 20.9 Å². The van der Waals surface area contributed by atoms with Crippen molar-refractivity contribution in [3.05, 3.63) is 73.4 Å². The zero-order valence-corrected chi connectivity index (χ0v) is 13.9. The molecule has 6 heteroatoms. The number of fused-ring (bicyclic) bond motifs is 1. The topological polar surface area (TPSA) is 34.9 Å². The molecule has 1 aromatic heterocycles. The third kappa shape index (κ3) is 2.78. The van der Waals surface area contributed by atoms with E-state index in [1.807, 2.05) is 0 Å². The van der Waals surface area contributed by atoms with Crippen LogP contribution in [0.5, 0.6) is 0 Å². The number of benzene rings is 2. The quantitative estimate of drug-likeness (QED) is 0.636. The van der Waals surface area contributed by atoms with E-state index >= 15 is 0 Å². The number of halogens is 3. The summed E-state index contributed by atoms with van der Waals surface area (Å²) in [6.07, 6.45) is 1.48. The first-order valence-electron chi connectivity index (χ1n) is 6.14. The summed E-state index contributed by atoms with van der Waals surface area (Å²) < 4.78 is 16.2. The molecular weight excluding hydrogens is 403 g/mol. The normalized spacial score (nSPS) is 11.0. The summed E-state index contributed by atoms with van der Waals surface area (Å²) in [7, 11) is 0. The van der Waals surface area contributed by atoms with E-state index in [0.717, 1.165) is 4.47 Å². The lowest BCUT2D eigenvalue weighted by Gasteiger charge is -2.09. The van der Waals surface area contributed by atoms with Crippen LogP contribution in [-0.2, 0) is 6.54 Å². The highest BCUT2D eigenvalue weighted by atomic mass is 79.9. The van der Waals surface area contributed by atoms with E-state index in [1.54, 1.807) is 30.3 Å². The second kappa shape index (κ2) is 5.69. The van der Waals surface area contributed by atoms with Crippen molar-refractivity contribution in [1.82, 2.24) is 9.55 Å². The molecule has 0 radical (unpaired) electrons. The standard InChI is InChI=1S/C15H9Br2FN2O/c16-10-4-5-11-13(6-10)19-8-20(15(11)21)7-9-2-1-3-12(18)14(9)17/h1-6,8H,7H2. The van der Waals surface area contributed by atoms with E-state index in [4.69, 9.17) is 0 Å². The molecule has 0 N–H and O–H groups in total. The van der Waals surface area contributed by atoms with Crippen LogP contribution >= 0.6 is 31.9 Å². The van der Waals surface area contributed by atoms with Crippen molar-refractivity contribution in [2.45, 2.75) is 6.54 Å². The number of hydrogen-bond acceptors (Lipinski definition) is 2. The Morgan fingerprint density at radius 1 is 1.19 bits per heavy atom. The van der Waals surface area contributed by atoms with E-state index in [9.17, 15) is 9.18 Å². The summed E-state index contributed by atoms with van der Waals surface area (Å²) in [5.41, 5.74) is 1.17. The summed E-state index contributed by atoms with van der Waals surface area (Å²) in [4.78, 5) is 16.7. The van der Waals surface area contributed by atoms with Gasteiger partial charge < -0.3 is 0 Å². The van der Waals surface area contributed by atoms with Crippen LogP contribution in [0.4, 0.5) is 4.39 Å². The Hall–Kier alpha value is -1.53. The Morgan fingerprint density at radius 2 is 2.00 bits per heavy atom. The van der Waals surface area contributed by atoms with Crippen molar-refractivity contribution < 1.29 is 4.39 Å². The number of rotatable bonds is 2. The van der Waals surface area contributed by atoms with Gasteiger partial charge in [-0.05, 0) is 45.8 Å². The van der Waals surface area contributed by atoms with Crippen LogP contribution < -0.4 is 5.56 Å². The maximum atomic E-state index is 13.5. The van der Waals surface area contributed by atoms with Crippen LogP contribution in [0.15, 0.2) is 56.5 Å². The van der Waals surface area contributed by atoms with E-state index in [-0.39, 0.29) is 17.9 Å². The first-order chi connectivity index (χ1) is 10.1. The van der Waals surface area contributed by atoms with Gasteiger partial charge in [0.15, 0.2) is 0 Å². The second-order valence-electron chi connectivity index (χ2n) is 4.55. The van der Waals surface area contributed by atoms with Gasteiger partial charge in [-0.1, -0.05) is 28.1 Å². The highest BCUT2D eigenvalue weighted by molar-refractivity contribution is 9.10. The van der Waals surface area contributed by atoms with Crippen LogP contribution in [-0.4, -0.2) is 9.55 Å². The molecule has 0 aliphatic carbocycles. The van der Waals surface area contributed by atoms with Crippen LogP contribution in [0, 0.1) is 5.82 Å². The minimum Gasteiger partial charge on any atom is -0.294 e. The Labute approximate surface area is 136 Å². The molecule has 21 heavy (non-hydrogen) atoms. The molecule has 0 saturated carbocycles. The SMILES string of the molecule is O=c1c2ccc(Br)cc2ncn1Cc1cccc(F)c1Br. The van der Waals surface area contributed by atoms with Crippen LogP contribution in [0.3, 0.4) is 0 Å². The molecule has 106 valence electrons. The first-order valence-corrected chi connectivity index (χ1v) is 7.72. The molecular formula is C15H9Br2FN2O. The van der Waals surface area contributed by atoms with Gasteiger partial charge in [-0.3, -0.25) is 9.36 Å². The molecule has 2 aromatic carbocycles. The van der Waals surface area contributed by atoms with Gasteiger partial charge in [0.25, 0.3) is 5.56 Å². The number of hydrogen-bond donors (Lipinski definition) is 0. The van der Waals surface area contributed by atoms with Gasteiger partial charge in [-0.2, -0.15) is 0 Å². The van der Waals surface area contributed by atoms with Gasteiger partial charge in [0.1, 0.15) is 5.82 Å². The van der Waals surface area contributed by atoms with Gasteiger partial charge in [-0.15, -0.1) is 0 Å². The van der Waals surface area contributed by atoms with E-state index in [1.165, 1.54) is 17.0 Å². The smallest absolute Gasteiger partial charge is 0.261 e. The Bertz CT molecular complexity index is 892. The highest BCUT2D eigenvalue weighted by Crippen LogP contribution is 2.21. The van der Waals surface area contributed by atoms with Crippen molar-refractivity contribution in [1.29, 1.82) is 0 Å². The minimum absolute atomic E-state index is 0.149. The Morgan fingerprint density at radius 3 is 2.81 bits per heavy atom. The second-order valence-corrected chi connectivity index (χ2v) is 6.26. The van der Waals surface area contributed by atoms with E-state index in [2.05, 4.69) is 36.8 Å². The van der Waals surface area contributed by atoms with Crippen molar-refractivity contribution >= 4 is 42.8 Å². The highest BCUT2D eigenvalue weighted by Gasteiger charge is 2.09. The largest absolute Gasteiger partial charge is 0.294 e. The average molecular weight is 412 g/mol. The average Bonchev–Trinajstić information content (AvgIpc) is 2.46. The van der Waals surface area contributed by atoms with Crippen LogP contribution in [0.1, 0.15) is 5.56 Å². The molecule has 0 atom stereocenters. The third-order valence-electron chi connectivity index (χ3n) is 3.16. The first kappa shape index (κ1) is 14.4. The molecule has 0 aliphatic heterocycles. The van der Waals surface area contributed by atoms with Gasteiger partial charge >= 0.3 is 0 Å². The molecule has 1 heterocycles. The van der Waals surface area contributed by atoms with Crippen molar-refractivity contribution in [2.24, 2.45) is 0 Å². The fraction of sp³-hybridized carbons (Fsp3) is 0.0667. The lowest BCUT2D eigenvalue weighted by Crippen LogP contribution is -2.21. The molecule has 0 spiro atoms. The van der Waals surface area contributed by atoms with Crippen molar-refractivity contribution in [3.8, 4) is 0 Å². The Balaban J connectivity index is 2.09. The van der Waals surface area contributed by atoms with Crippen molar-refractivity contribution in [3.63, 3.8) is 0 Å². The van der Waals surface area contributed by atoms with Gasteiger partial charge in [-0.25, -0.2) is 9.37 Å². The van der Waals surface area contributed by atoms with Gasteiger partial charge in [0, 0.05) is 4.47 Å². The predicted molar refractivity (Wildman–Crippen MR) is 86.9 cm³/mol. The molecule has 0 aliphatic rings. The van der Waals surface area contributed by atoms with Crippen molar-refractivity contribution in [2.75, 3.05) is 0 Å². The summed E-state index contributed by atoms with van der Waals surface area (Å²) >= 11 is 6.55.